The maximum absolute atomic E-state index is 10.9. The first-order chi connectivity index (χ1) is 7.63. The van der Waals surface area contributed by atoms with Crippen LogP contribution in [0.15, 0.2) is 24.3 Å². The maximum atomic E-state index is 10.9. The summed E-state index contributed by atoms with van der Waals surface area (Å²) in [5.74, 6) is 1.55. The molecular weight excluding hydrogens is 222 g/mol. The Morgan fingerprint density at radius 3 is 2.88 bits per heavy atom. The number of benzene rings is 1. The van der Waals surface area contributed by atoms with E-state index in [0.29, 0.717) is 5.75 Å². The molecular formula is C12H19NO2S. The monoisotopic (exact) mass is 241 g/mol. The molecule has 0 spiro atoms. The standard InChI is InChI=1S/C12H19NO2S/c1-10(13-7-8-16(3)14)11-5-4-6-12(9-11)15-2/h4-6,9-10,13H,7-8H2,1-3H3. The molecule has 0 aromatic heterocycles. The first-order valence-corrected chi connectivity index (χ1v) is 7.03. The molecule has 0 heterocycles. The smallest absolute Gasteiger partial charge is 0.119 e. The van der Waals surface area contributed by atoms with Crippen LogP contribution >= 0.6 is 0 Å². The lowest BCUT2D eigenvalue weighted by Gasteiger charge is -2.14. The Kier molecular flexibility index (Phi) is 5.49. The minimum Gasteiger partial charge on any atom is -0.497 e. The third-order valence-electron chi connectivity index (χ3n) is 2.43. The summed E-state index contributed by atoms with van der Waals surface area (Å²) in [5, 5.41) is 3.33. The first-order valence-electron chi connectivity index (χ1n) is 5.31. The van der Waals surface area contributed by atoms with E-state index in [1.54, 1.807) is 13.4 Å². The summed E-state index contributed by atoms with van der Waals surface area (Å²) < 4.78 is 16.1. The Morgan fingerprint density at radius 2 is 2.25 bits per heavy atom. The minimum atomic E-state index is -0.732. The van der Waals surface area contributed by atoms with Crippen LogP contribution in [-0.4, -0.2) is 29.9 Å². The van der Waals surface area contributed by atoms with Crippen molar-refractivity contribution in [1.29, 1.82) is 0 Å². The molecule has 4 heteroatoms. The van der Waals surface area contributed by atoms with E-state index in [0.717, 1.165) is 12.3 Å². The van der Waals surface area contributed by atoms with Crippen molar-refractivity contribution >= 4 is 10.8 Å². The van der Waals surface area contributed by atoms with Crippen molar-refractivity contribution in [3.05, 3.63) is 29.8 Å². The predicted octanol–water partition coefficient (Wildman–Crippen LogP) is 1.72. The van der Waals surface area contributed by atoms with Crippen molar-refractivity contribution in [2.45, 2.75) is 13.0 Å². The average Bonchev–Trinajstić information content (AvgIpc) is 2.28. The van der Waals surface area contributed by atoms with Crippen LogP contribution in [0.2, 0.25) is 0 Å². The van der Waals surface area contributed by atoms with Gasteiger partial charge in [0, 0.05) is 35.4 Å². The molecule has 3 nitrogen and oxygen atoms in total. The molecule has 16 heavy (non-hydrogen) atoms. The van der Waals surface area contributed by atoms with Gasteiger partial charge in [-0.05, 0) is 24.6 Å². The van der Waals surface area contributed by atoms with Gasteiger partial charge in [0.1, 0.15) is 5.75 Å². The molecule has 2 unspecified atom stereocenters. The molecule has 0 amide bonds. The second-order valence-corrected chi connectivity index (χ2v) is 5.28. The van der Waals surface area contributed by atoms with Crippen molar-refractivity contribution in [2.24, 2.45) is 0 Å². The van der Waals surface area contributed by atoms with Crippen molar-refractivity contribution in [3.63, 3.8) is 0 Å². The van der Waals surface area contributed by atoms with Crippen molar-refractivity contribution < 1.29 is 8.95 Å². The summed E-state index contributed by atoms with van der Waals surface area (Å²) in [6, 6.07) is 8.23. The van der Waals surface area contributed by atoms with E-state index < -0.39 is 10.8 Å². The molecule has 0 aliphatic heterocycles. The second-order valence-electron chi connectivity index (χ2n) is 3.73. The number of nitrogens with one attached hydrogen (secondary N) is 1. The molecule has 90 valence electrons. The van der Waals surface area contributed by atoms with Crippen LogP contribution in [0.3, 0.4) is 0 Å². The van der Waals surface area contributed by atoms with E-state index in [2.05, 4.69) is 18.3 Å². The van der Waals surface area contributed by atoms with Crippen molar-refractivity contribution in [2.75, 3.05) is 25.7 Å². The molecule has 2 atom stereocenters. The van der Waals surface area contributed by atoms with Gasteiger partial charge in [0.25, 0.3) is 0 Å². The van der Waals surface area contributed by atoms with Gasteiger partial charge in [0.2, 0.25) is 0 Å². The fourth-order valence-corrected chi connectivity index (χ4v) is 1.85. The molecule has 0 radical (unpaired) electrons. The lowest BCUT2D eigenvalue weighted by Crippen LogP contribution is -2.23. The summed E-state index contributed by atoms with van der Waals surface area (Å²) in [7, 11) is 0.933. The van der Waals surface area contributed by atoms with Gasteiger partial charge in [0.05, 0.1) is 7.11 Å². The molecule has 1 N–H and O–H groups in total. The molecule has 1 aromatic rings. The lowest BCUT2D eigenvalue weighted by atomic mass is 10.1. The molecule has 0 aliphatic rings. The van der Waals surface area contributed by atoms with Crippen LogP contribution in [0, 0.1) is 0 Å². The quantitative estimate of drug-likeness (QED) is 0.824. The normalized spacial score (nSPS) is 14.4. The molecule has 0 saturated carbocycles. The average molecular weight is 241 g/mol. The topological polar surface area (TPSA) is 38.3 Å². The summed E-state index contributed by atoms with van der Waals surface area (Å²) in [5.41, 5.74) is 1.18. The third-order valence-corrected chi connectivity index (χ3v) is 3.21. The van der Waals surface area contributed by atoms with Gasteiger partial charge >= 0.3 is 0 Å². The zero-order valence-corrected chi connectivity index (χ0v) is 10.8. The van der Waals surface area contributed by atoms with E-state index >= 15 is 0 Å². The van der Waals surface area contributed by atoms with Gasteiger partial charge in [0.15, 0.2) is 0 Å². The molecule has 0 fully saturated rings. The van der Waals surface area contributed by atoms with Gasteiger partial charge in [-0.25, -0.2) is 0 Å². The highest BCUT2D eigenvalue weighted by atomic mass is 32.2. The van der Waals surface area contributed by atoms with Crippen LogP contribution in [0.25, 0.3) is 0 Å². The van der Waals surface area contributed by atoms with Gasteiger partial charge in [-0.15, -0.1) is 0 Å². The summed E-state index contributed by atoms with van der Waals surface area (Å²) in [6.45, 7) is 2.86. The van der Waals surface area contributed by atoms with Gasteiger partial charge < -0.3 is 10.1 Å². The third kappa shape index (κ3) is 4.33. The summed E-state index contributed by atoms with van der Waals surface area (Å²) in [4.78, 5) is 0. The van der Waals surface area contributed by atoms with Gasteiger partial charge in [-0.2, -0.15) is 0 Å². The Balaban J connectivity index is 2.51. The zero-order valence-electron chi connectivity index (χ0n) is 10.0. The van der Waals surface area contributed by atoms with Crippen LogP contribution in [0.1, 0.15) is 18.5 Å². The highest BCUT2D eigenvalue weighted by Gasteiger charge is 2.05. The second kappa shape index (κ2) is 6.66. The summed E-state index contributed by atoms with van der Waals surface area (Å²) in [6.07, 6.45) is 1.72. The lowest BCUT2D eigenvalue weighted by molar-refractivity contribution is 0.413. The zero-order chi connectivity index (χ0) is 12.0. The van der Waals surface area contributed by atoms with Gasteiger partial charge in [-0.1, -0.05) is 12.1 Å². The Hall–Kier alpha value is -0.870. The Morgan fingerprint density at radius 1 is 1.50 bits per heavy atom. The van der Waals surface area contributed by atoms with E-state index in [1.165, 1.54) is 5.56 Å². The van der Waals surface area contributed by atoms with E-state index in [1.807, 2.05) is 18.2 Å². The van der Waals surface area contributed by atoms with Gasteiger partial charge in [-0.3, -0.25) is 4.21 Å². The number of hydrogen-bond acceptors (Lipinski definition) is 3. The molecule has 1 aromatic carbocycles. The van der Waals surface area contributed by atoms with Crippen LogP contribution in [0.5, 0.6) is 5.75 Å². The van der Waals surface area contributed by atoms with Crippen LogP contribution < -0.4 is 10.1 Å². The number of rotatable bonds is 6. The van der Waals surface area contributed by atoms with E-state index in [9.17, 15) is 4.21 Å². The Labute approximate surface area is 99.7 Å². The molecule has 0 aliphatic carbocycles. The highest BCUT2D eigenvalue weighted by Crippen LogP contribution is 2.18. The van der Waals surface area contributed by atoms with E-state index in [-0.39, 0.29) is 6.04 Å². The van der Waals surface area contributed by atoms with Crippen molar-refractivity contribution in [3.8, 4) is 5.75 Å². The number of ether oxygens (including phenoxy) is 1. The summed E-state index contributed by atoms with van der Waals surface area (Å²) >= 11 is 0. The Bertz CT molecular complexity index is 355. The number of methoxy groups -OCH3 is 1. The predicted molar refractivity (Wildman–Crippen MR) is 68.3 cm³/mol. The van der Waals surface area contributed by atoms with Crippen LogP contribution in [-0.2, 0) is 10.8 Å². The van der Waals surface area contributed by atoms with Crippen molar-refractivity contribution in [1.82, 2.24) is 5.32 Å². The molecule has 0 saturated heterocycles. The maximum Gasteiger partial charge on any atom is 0.119 e. The van der Waals surface area contributed by atoms with Crippen LogP contribution in [0.4, 0.5) is 0 Å². The van der Waals surface area contributed by atoms with E-state index in [4.69, 9.17) is 4.74 Å². The molecule has 1 rings (SSSR count). The largest absolute Gasteiger partial charge is 0.497 e. The fourth-order valence-electron chi connectivity index (χ4n) is 1.45. The first kappa shape index (κ1) is 13.2. The highest BCUT2D eigenvalue weighted by molar-refractivity contribution is 7.84. The minimum absolute atomic E-state index is 0.249. The molecule has 0 bridgehead atoms. The number of hydrogen-bond donors (Lipinski definition) is 1. The SMILES string of the molecule is COc1cccc(C(C)NCCS(C)=O)c1. The fraction of sp³-hybridized carbons (Fsp3) is 0.500.